The lowest BCUT2D eigenvalue weighted by Crippen LogP contribution is -2.50. The van der Waals surface area contributed by atoms with Crippen molar-refractivity contribution in [2.24, 2.45) is 5.92 Å². The minimum Gasteiger partial charge on any atom is -0.340 e. The summed E-state index contributed by atoms with van der Waals surface area (Å²) in [7, 11) is 0. The Balaban J connectivity index is 1.96. The van der Waals surface area contributed by atoms with Crippen molar-refractivity contribution in [1.82, 2.24) is 9.97 Å². The van der Waals surface area contributed by atoms with Gasteiger partial charge < -0.3 is 4.90 Å². The summed E-state index contributed by atoms with van der Waals surface area (Å²) in [6.07, 6.45) is 0.665. The fourth-order valence-electron chi connectivity index (χ4n) is 1.30. The molecule has 1 aromatic rings. The van der Waals surface area contributed by atoms with Crippen molar-refractivity contribution in [1.29, 1.82) is 0 Å². The van der Waals surface area contributed by atoms with Crippen molar-refractivity contribution in [3.8, 4) is 0 Å². The van der Waals surface area contributed by atoms with Crippen LogP contribution in [0.15, 0.2) is 12.4 Å². The highest BCUT2D eigenvalue weighted by molar-refractivity contribution is 6.30. The van der Waals surface area contributed by atoms with Crippen LogP contribution in [0.5, 0.6) is 0 Å². The van der Waals surface area contributed by atoms with Crippen LogP contribution in [-0.4, -0.2) is 29.5 Å². The van der Waals surface area contributed by atoms with Crippen LogP contribution in [0.2, 0.25) is 5.02 Å². The van der Waals surface area contributed by atoms with Gasteiger partial charge in [0, 0.05) is 13.1 Å². The van der Waals surface area contributed by atoms with Crippen LogP contribution in [0, 0.1) is 5.92 Å². The Bertz CT molecular complexity index is 311. The molecule has 0 spiro atoms. The molecule has 0 unspecified atom stereocenters. The number of rotatable bonds is 2. The molecular formula is C8H8ClF2N3. The summed E-state index contributed by atoms with van der Waals surface area (Å²) in [5.41, 5.74) is 0. The minimum absolute atomic E-state index is 0.319. The summed E-state index contributed by atoms with van der Waals surface area (Å²) in [6.45, 7) is 0.637. The lowest BCUT2D eigenvalue weighted by molar-refractivity contribution is 0.0608. The quantitative estimate of drug-likeness (QED) is 0.760. The van der Waals surface area contributed by atoms with E-state index >= 15 is 0 Å². The van der Waals surface area contributed by atoms with E-state index in [1.807, 2.05) is 0 Å². The number of halogens is 3. The molecule has 1 fully saturated rings. The zero-order chi connectivity index (χ0) is 10.1. The molecule has 1 aliphatic rings. The van der Waals surface area contributed by atoms with Gasteiger partial charge in [-0.3, -0.25) is 0 Å². The maximum absolute atomic E-state index is 12.1. The first-order valence-electron chi connectivity index (χ1n) is 4.17. The SMILES string of the molecule is FC(F)C1CN(c2ncc(Cl)cn2)C1. The highest BCUT2D eigenvalue weighted by Crippen LogP contribution is 2.25. The zero-order valence-corrected chi connectivity index (χ0v) is 7.96. The molecule has 0 amide bonds. The largest absolute Gasteiger partial charge is 0.340 e. The molecule has 14 heavy (non-hydrogen) atoms. The second kappa shape index (κ2) is 3.65. The van der Waals surface area contributed by atoms with Gasteiger partial charge in [0.25, 0.3) is 0 Å². The number of nitrogens with zero attached hydrogens (tertiary/aromatic N) is 3. The monoisotopic (exact) mass is 219 g/mol. The molecule has 1 saturated heterocycles. The van der Waals surface area contributed by atoms with Crippen molar-refractivity contribution in [3.63, 3.8) is 0 Å². The topological polar surface area (TPSA) is 29.0 Å². The lowest BCUT2D eigenvalue weighted by atomic mass is 10.0. The Kier molecular flexibility index (Phi) is 2.50. The molecule has 0 aliphatic carbocycles. The third-order valence-corrected chi connectivity index (χ3v) is 2.35. The maximum atomic E-state index is 12.1. The fraction of sp³-hybridized carbons (Fsp3) is 0.500. The molecular weight excluding hydrogens is 212 g/mol. The molecule has 0 bridgehead atoms. The van der Waals surface area contributed by atoms with Gasteiger partial charge in [0.15, 0.2) is 0 Å². The Morgan fingerprint density at radius 2 is 1.93 bits per heavy atom. The van der Waals surface area contributed by atoms with Crippen LogP contribution in [-0.2, 0) is 0 Å². The molecule has 3 nitrogen and oxygen atoms in total. The van der Waals surface area contributed by atoms with Gasteiger partial charge in [0.05, 0.1) is 23.3 Å². The number of hydrogen-bond donors (Lipinski definition) is 0. The van der Waals surface area contributed by atoms with E-state index in [9.17, 15) is 8.78 Å². The van der Waals surface area contributed by atoms with Gasteiger partial charge in [-0.2, -0.15) is 0 Å². The van der Waals surface area contributed by atoms with Gasteiger partial charge in [0.2, 0.25) is 12.4 Å². The van der Waals surface area contributed by atoms with Gasteiger partial charge in [-0.15, -0.1) is 0 Å². The van der Waals surface area contributed by atoms with E-state index in [1.165, 1.54) is 12.4 Å². The van der Waals surface area contributed by atoms with Gasteiger partial charge in [0.1, 0.15) is 0 Å². The van der Waals surface area contributed by atoms with Crippen molar-refractivity contribution in [3.05, 3.63) is 17.4 Å². The summed E-state index contributed by atoms with van der Waals surface area (Å²) < 4.78 is 24.3. The van der Waals surface area contributed by atoms with E-state index in [0.717, 1.165) is 0 Å². The molecule has 6 heteroatoms. The Hall–Kier alpha value is -0.970. The van der Waals surface area contributed by atoms with Crippen LogP contribution < -0.4 is 4.90 Å². The van der Waals surface area contributed by atoms with E-state index in [-0.39, 0.29) is 0 Å². The summed E-state index contributed by atoms with van der Waals surface area (Å²) in [5.74, 6) is -0.0828. The van der Waals surface area contributed by atoms with Crippen LogP contribution in [0.4, 0.5) is 14.7 Å². The highest BCUT2D eigenvalue weighted by Gasteiger charge is 2.35. The molecule has 0 radical (unpaired) electrons. The van der Waals surface area contributed by atoms with Gasteiger partial charge in [-0.25, -0.2) is 18.7 Å². The molecule has 2 rings (SSSR count). The van der Waals surface area contributed by atoms with Crippen LogP contribution in [0.3, 0.4) is 0 Å². The van der Waals surface area contributed by atoms with Crippen LogP contribution in [0.25, 0.3) is 0 Å². The molecule has 0 aromatic carbocycles. The smallest absolute Gasteiger partial charge is 0.244 e. The van der Waals surface area contributed by atoms with Crippen molar-refractivity contribution in [2.45, 2.75) is 6.43 Å². The van der Waals surface area contributed by atoms with Crippen molar-refractivity contribution < 1.29 is 8.78 Å². The summed E-state index contributed by atoms with van der Waals surface area (Å²) in [5, 5.41) is 0.444. The first-order valence-corrected chi connectivity index (χ1v) is 4.55. The summed E-state index contributed by atoms with van der Waals surface area (Å²) in [6, 6.07) is 0. The Labute approximate surface area is 84.7 Å². The van der Waals surface area contributed by atoms with Crippen LogP contribution >= 0.6 is 11.6 Å². The number of alkyl halides is 2. The standard InChI is InChI=1S/C8H8ClF2N3/c9-6-1-12-8(13-2-6)14-3-5(4-14)7(10)11/h1-2,5,7H,3-4H2. The van der Waals surface area contributed by atoms with E-state index in [4.69, 9.17) is 11.6 Å². The first-order chi connectivity index (χ1) is 6.66. The summed E-state index contributed by atoms with van der Waals surface area (Å²) >= 11 is 5.59. The van der Waals surface area contributed by atoms with Crippen LogP contribution in [0.1, 0.15) is 0 Å². The second-order valence-corrected chi connectivity index (χ2v) is 3.64. The normalized spacial score (nSPS) is 17.3. The lowest BCUT2D eigenvalue weighted by Gasteiger charge is -2.38. The number of aromatic nitrogens is 2. The first kappa shape index (κ1) is 9.58. The average molecular weight is 220 g/mol. The molecule has 1 aliphatic heterocycles. The van der Waals surface area contributed by atoms with E-state index in [1.54, 1.807) is 4.90 Å². The Morgan fingerprint density at radius 3 is 2.43 bits per heavy atom. The minimum atomic E-state index is -2.25. The zero-order valence-electron chi connectivity index (χ0n) is 7.20. The third-order valence-electron chi connectivity index (χ3n) is 2.16. The predicted molar refractivity (Wildman–Crippen MR) is 48.7 cm³/mol. The number of anilines is 1. The summed E-state index contributed by atoms with van der Waals surface area (Å²) in [4.78, 5) is 9.57. The highest BCUT2D eigenvalue weighted by atomic mass is 35.5. The predicted octanol–water partition coefficient (Wildman–Crippen LogP) is 1.83. The average Bonchev–Trinajstić information content (AvgIpc) is 2.05. The maximum Gasteiger partial charge on any atom is 0.244 e. The van der Waals surface area contributed by atoms with E-state index in [0.29, 0.717) is 24.1 Å². The molecule has 0 N–H and O–H groups in total. The van der Waals surface area contributed by atoms with Crippen molar-refractivity contribution in [2.75, 3.05) is 18.0 Å². The van der Waals surface area contributed by atoms with E-state index in [2.05, 4.69) is 9.97 Å². The van der Waals surface area contributed by atoms with Crippen molar-refractivity contribution >= 4 is 17.5 Å². The van der Waals surface area contributed by atoms with Gasteiger partial charge >= 0.3 is 0 Å². The van der Waals surface area contributed by atoms with Gasteiger partial charge in [-0.05, 0) is 0 Å². The molecule has 76 valence electrons. The molecule has 1 aromatic heterocycles. The third kappa shape index (κ3) is 1.77. The molecule has 0 saturated carbocycles. The van der Waals surface area contributed by atoms with Gasteiger partial charge in [-0.1, -0.05) is 11.6 Å². The second-order valence-electron chi connectivity index (χ2n) is 3.20. The fourth-order valence-corrected chi connectivity index (χ4v) is 1.40. The molecule has 0 atom stereocenters. The van der Waals surface area contributed by atoms with E-state index < -0.39 is 12.3 Å². The Morgan fingerprint density at radius 1 is 1.36 bits per heavy atom. The molecule has 2 heterocycles. The number of hydrogen-bond acceptors (Lipinski definition) is 3.